The second kappa shape index (κ2) is 6.01. The standard InChI is InChI=1S/C12H17Cl2N3/c1-15-17-6-4-2-3-5-11(17)9-7-10(13)12(14)16-8-9/h7-8,11,15H,2-6H2,1H3. The molecule has 1 N–H and O–H groups in total. The first-order valence-corrected chi connectivity index (χ1v) is 6.73. The zero-order valence-electron chi connectivity index (χ0n) is 9.92. The summed E-state index contributed by atoms with van der Waals surface area (Å²) >= 11 is 11.9. The summed E-state index contributed by atoms with van der Waals surface area (Å²) < 4.78 is 0. The van der Waals surface area contributed by atoms with Crippen LogP contribution in [0.2, 0.25) is 10.2 Å². The fraction of sp³-hybridized carbons (Fsp3) is 0.583. The van der Waals surface area contributed by atoms with E-state index in [1.807, 2.05) is 19.3 Å². The molecule has 5 heteroatoms. The molecule has 0 aromatic carbocycles. The molecule has 94 valence electrons. The Morgan fingerprint density at radius 1 is 1.35 bits per heavy atom. The molecule has 2 rings (SSSR count). The van der Waals surface area contributed by atoms with E-state index in [1.165, 1.54) is 19.3 Å². The van der Waals surface area contributed by atoms with Crippen molar-refractivity contribution < 1.29 is 0 Å². The molecule has 0 bridgehead atoms. The predicted octanol–water partition coefficient (Wildman–Crippen LogP) is 3.44. The molecule has 0 saturated carbocycles. The van der Waals surface area contributed by atoms with Crippen LogP contribution in [0.4, 0.5) is 0 Å². The van der Waals surface area contributed by atoms with Gasteiger partial charge in [0.1, 0.15) is 5.15 Å². The van der Waals surface area contributed by atoms with E-state index in [0.717, 1.165) is 18.5 Å². The maximum atomic E-state index is 6.03. The summed E-state index contributed by atoms with van der Waals surface area (Å²) in [5.41, 5.74) is 4.39. The van der Waals surface area contributed by atoms with Crippen LogP contribution >= 0.6 is 23.2 Å². The zero-order chi connectivity index (χ0) is 12.3. The van der Waals surface area contributed by atoms with Crippen molar-refractivity contribution in [1.29, 1.82) is 0 Å². The number of pyridine rings is 1. The topological polar surface area (TPSA) is 28.2 Å². The summed E-state index contributed by atoms with van der Waals surface area (Å²) in [5.74, 6) is 0. The number of aromatic nitrogens is 1. The van der Waals surface area contributed by atoms with E-state index < -0.39 is 0 Å². The molecular formula is C12H17Cl2N3. The highest BCUT2D eigenvalue weighted by Crippen LogP contribution is 2.31. The van der Waals surface area contributed by atoms with Crippen LogP contribution in [0, 0.1) is 0 Å². The zero-order valence-corrected chi connectivity index (χ0v) is 11.4. The molecule has 0 aliphatic carbocycles. The molecule has 1 aliphatic heterocycles. The van der Waals surface area contributed by atoms with Gasteiger partial charge >= 0.3 is 0 Å². The first-order chi connectivity index (χ1) is 8.22. The van der Waals surface area contributed by atoms with Crippen molar-refractivity contribution in [2.45, 2.75) is 31.7 Å². The molecule has 1 aromatic heterocycles. The van der Waals surface area contributed by atoms with Gasteiger partial charge in [0, 0.05) is 12.7 Å². The molecule has 2 heterocycles. The van der Waals surface area contributed by atoms with Crippen LogP contribution in [0.15, 0.2) is 12.3 Å². The summed E-state index contributed by atoms with van der Waals surface area (Å²) in [7, 11) is 1.96. The monoisotopic (exact) mass is 273 g/mol. The van der Waals surface area contributed by atoms with Gasteiger partial charge in [-0.15, -0.1) is 0 Å². The quantitative estimate of drug-likeness (QED) is 0.837. The first-order valence-electron chi connectivity index (χ1n) is 5.97. The van der Waals surface area contributed by atoms with Gasteiger partial charge in [0.2, 0.25) is 0 Å². The Morgan fingerprint density at radius 3 is 2.88 bits per heavy atom. The largest absolute Gasteiger partial charge is 0.258 e. The lowest BCUT2D eigenvalue weighted by molar-refractivity contribution is 0.142. The van der Waals surface area contributed by atoms with Crippen molar-refractivity contribution >= 4 is 23.2 Å². The molecule has 1 aliphatic rings. The van der Waals surface area contributed by atoms with E-state index in [2.05, 4.69) is 15.4 Å². The first kappa shape index (κ1) is 13.1. The number of hydrogen-bond donors (Lipinski definition) is 1. The van der Waals surface area contributed by atoms with Gasteiger partial charge in [-0.1, -0.05) is 36.0 Å². The molecule has 0 spiro atoms. The van der Waals surface area contributed by atoms with Crippen molar-refractivity contribution in [3.63, 3.8) is 0 Å². The van der Waals surface area contributed by atoms with E-state index in [1.54, 1.807) is 0 Å². The van der Waals surface area contributed by atoms with Crippen molar-refractivity contribution in [2.24, 2.45) is 0 Å². The number of rotatable bonds is 2. The molecular weight excluding hydrogens is 257 g/mol. The van der Waals surface area contributed by atoms with Crippen molar-refractivity contribution in [2.75, 3.05) is 13.6 Å². The lowest BCUT2D eigenvalue weighted by atomic mass is 10.0. The SMILES string of the molecule is CNN1CCCCCC1c1cnc(Cl)c(Cl)c1. The van der Waals surface area contributed by atoms with Crippen LogP contribution in [0.25, 0.3) is 0 Å². The highest BCUT2D eigenvalue weighted by atomic mass is 35.5. The van der Waals surface area contributed by atoms with Gasteiger partial charge in [-0.3, -0.25) is 5.43 Å². The van der Waals surface area contributed by atoms with Crippen LogP contribution in [-0.4, -0.2) is 23.6 Å². The second-order valence-electron chi connectivity index (χ2n) is 4.32. The number of hydrazine groups is 1. The van der Waals surface area contributed by atoms with Gasteiger partial charge in [-0.2, -0.15) is 0 Å². The average Bonchev–Trinajstić information content (AvgIpc) is 2.57. The summed E-state index contributed by atoms with van der Waals surface area (Å²) in [5, 5.41) is 3.17. The summed E-state index contributed by atoms with van der Waals surface area (Å²) in [4.78, 5) is 4.13. The van der Waals surface area contributed by atoms with Gasteiger partial charge in [-0.25, -0.2) is 9.99 Å². The van der Waals surface area contributed by atoms with E-state index >= 15 is 0 Å². The fourth-order valence-corrected chi connectivity index (χ4v) is 2.62. The van der Waals surface area contributed by atoms with Gasteiger partial charge in [0.25, 0.3) is 0 Å². The predicted molar refractivity (Wildman–Crippen MR) is 71.2 cm³/mol. The van der Waals surface area contributed by atoms with Crippen LogP contribution in [-0.2, 0) is 0 Å². The smallest absolute Gasteiger partial charge is 0.147 e. The van der Waals surface area contributed by atoms with E-state index in [0.29, 0.717) is 16.2 Å². The molecule has 1 unspecified atom stereocenters. The van der Waals surface area contributed by atoms with Crippen molar-refractivity contribution in [3.8, 4) is 0 Å². The highest BCUT2D eigenvalue weighted by Gasteiger charge is 2.22. The Labute approximate surface area is 112 Å². The Balaban J connectivity index is 2.25. The highest BCUT2D eigenvalue weighted by molar-refractivity contribution is 6.41. The van der Waals surface area contributed by atoms with E-state index in [9.17, 15) is 0 Å². The molecule has 1 atom stereocenters. The summed E-state index contributed by atoms with van der Waals surface area (Å²) in [6, 6.07) is 2.27. The van der Waals surface area contributed by atoms with Gasteiger partial charge in [0.05, 0.1) is 11.1 Å². The fourth-order valence-electron chi connectivity index (χ4n) is 2.34. The molecule has 17 heavy (non-hydrogen) atoms. The summed E-state index contributed by atoms with van der Waals surface area (Å²) in [6.07, 6.45) is 6.70. The molecule has 1 saturated heterocycles. The summed E-state index contributed by atoms with van der Waals surface area (Å²) in [6.45, 7) is 1.06. The van der Waals surface area contributed by atoms with Crippen molar-refractivity contribution in [3.05, 3.63) is 28.0 Å². The average molecular weight is 274 g/mol. The third-order valence-electron chi connectivity index (χ3n) is 3.24. The van der Waals surface area contributed by atoms with Crippen LogP contribution < -0.4 is 5.43 Å². The van der Waals surface area contributed by atoms with Crippen molar-refractivity contribution in [1.82, 2.24) is 15.4 Å². The lowest BCUT2D eigenvalue weighted by Crippen LogP contribution is -2.38. The van der Waals surface area contributed by atoms with Crippen LogP contribution in [0.3, 0.4) is 0 Å². The Hall–Kier alpha value is -0.350. The van der Waals surface area contributed by atoms with Crippen LogP contribution in [0.1, 0.15) is 37.3 Å². The molecule has 0 amide bonds. The lowest BCUT2D eigenvalue weighted by Gasteiger charge is -2.29. The van der Waals surface area contributed by atoms with Gasteiger partial charge in [-0.05, 0) is 31.5 Å². The van der Waals surface area contributed by atoms with Crippen LogP contribution in [0.5, 0.6) is 0 Å². The minimum atomic E-state index is 0.338. The Morgan fingerprint density at radius 2 is 2.18 bits per heavy atom. The molecule has 3 nitrogen and oxygen atoms in total. The molecule has 0 radical (unpaired) electrons. The maximum Gasteiger partial charge on any atom is 0.147 e. The van der Waals surface area contributed by atoms with E-state index in [-0.39, 0.29) is 0 Å². The number of nitrogens with one attached hydrogen (secondary N) is 1. The minimum Gasteiger partial charge on any atom is -0.258 e. The molecule has 1 aromatic rings. The van der Waals surface area contributed by atoms with Gasteiger partial charge < -0.3 is 0 Å². The number of halogens is 2. The number of hydrogen-bond acceptors (Lipinski definition) is 3. The third-order valence-corrected chi connectivity index (χ3v) is 3.93. The second-order valence-corrected chi connectivity index (χ2v) is 5.09. The third kappa shape index (κ3) is 3.10. The normalized spacial score (nSPS) is 22.4. The minimum absolute atomic E-state index is 0.338. The maximum absolute atomic E-state index is 6.03. The van der Waals surface area contributed by atoms with E-state index in [4.69, 9.17) is 23.2 Å². The Kier molecular flexibility index (Phi) is 4.62. The Bertz CT molecular complexity index is 384. The van der Waals surface area contributed by atoms with Gasteiger partial charge in [0.15, 0.2) is 0 Å². The number of nitrogens with zero attached hydrogens (tertiary/aromatic N) is 2. The molecule has 1 fully saturated rings.